The number of hydrogen-bond donors (Lipinski definition) is 1. The van der Waals surface area contributed by atoms with Crippen molar-refractivity contribution in [1.29, 1.82) is 0 Å². The van der Waals surface area contributed by atoms with Gasteiger partial charge in [0.15, 0.2) is 0 Å². The fourth-order valence-corrected chi connectivity index (χ4v) is 1.96. The van der Waals surface area contributed by atoms with E-state index in [9.17, 15) is 13.6 Å². The molecular weight excluding hydrogens is 318 g/mol. The summed E-state index contributed by atoms with van der Waals surface area (Å²) in [6.07, 6.45) is 0. The zero-order chi connectivity index (χ0) is 17.4. The van der Waals surface area contributed by atoms with Gasteiger partial charge >= 0.3 is 12.6 Å². The van der Waals surface area contributed by atoms with Crippen LogP contribution in [0.4, 0.5) is 13.6 Å². The number of nitrogens with one attached hydrogen (secondary N) is 1. The maximum Gasteiger partial charge on any atom is 0.387 e. The van der Waals surface area contributed by atoms with Crippen LogP contribution in [-0.4, -0.2) is 24.6 Å². The summed E-state index contributed by atoms with van der Waals surface area (Å²) < 4.78 is 28.4. The van der Waals surface area contributed by atoms with Gasteiger partial charge in [-0.1, -0.05) is 42.5 Å². The van der Waals surface area contributed by atoms with E-state index in [0.717, 1.165) is 11.1 Å². The maximum atomic E-state index is 12.1. The minimum Gasteiger partial charge on any atom is -0.435 e. The van der Waals surface area contributed by atoms with Crippen molar-refractivity contribution in [3.05, 3.63) is 65.7 Å². The molecule has 128 valence electrons. The van der Waals surface area contributed by atoms with Gasteiger partial charge in [0.25, 0.3) is 0 Å². The van der Waals surface area contributed by atoms with Gasteiger partial charge in [-0.25, -0.2) is 10.3 Å². The van der Waals surface area contributed by atoms with Gasteiger partial charge in [0.1, 0.15) is 5.75 Å². The smallest absolute Gasteiger partial charge is 0.387 e. The second kappa shape index (κ2) is 8.83. The molecule has 24 heavy (non-hydrogen) atoms. The number of alkyl halides is 2. The average molecular weight is 336 g/mol. The lowest BCUT2D eigenvalue weighted by molar-refractivity contribution is -0.0498. The van der Waals surface area contributed by atoms with Crippen LogP contribution >= 0.6 is 0 Å². The number of benzene rings is 2. The molecule has 2 rings (SSSR count). The number of urea groups is 1. The van der Waals surface area contributed by atoms with Gasteiger partial charge in [-0.15, -0.1) is 0 Å². The highest BCUT2D eigenvalue weighted by molar-refractivity contribution is 5.72. The molecule has 2 amide bonds. The molecule has 0 saturated carbocycles. The summed E-state index contributed by atoms with van der Waals surface area (Å²) in [7, 11) is 1.60. The normalized spacial score (nSPS) is 10.5. The largest absolute Gasteiger partial charge is 0.435 e. The third-order valence-electron chi connectivity index (χ3n) is 3.16. The van der Waals surface area contributed by atoms with E-state index in [2.05, 4.69) is 10.2 Å². The minimum absolute atomic E-state index is 0.0760. The number of carbonyl (C=O) groups excluding carboxylic acids is 1. The lowest BCUT2D eigenvalue weighted by Crippen LogP contribution is -2.36. The predicted octanol–water partition coefficient (Wildman–Crippen LogP) is 3.56. The molecule has 0 aliphatic heterocycles. The standard InChI is InChI=1S/C17H18F2N2O3/c1-21(11-13-7-9-15(10-8-13)24-16(18)19)17(22)20-23-12-14-5-3-2-4-6-14/h2-10,16H,11-12H2,1H3,(H,20,22). The Morgan fingerprint density at radius 1 is 1.08 bits per heavy atom. The highest BCUT2D eigenvalue weighted by atomic mass is 19.3. The molecule has 0 fully saturated rings. The fraction of sp³-hybridized carbons (Fsp3) is 0.235. The Morgan fingerprint density at radius 3 is 2.38 bits per heavy atom. The first kappa shape index (κ1) is 17.7. The quantitative estimate of drug-likeness (QED) is 0.787. The number of amides is 2. The first-order chi connectivity index (χ1) is 11.5. The van der Waals surface area contributed by atoms with Crippen LogP contribution in [0.25, 0.3) is 0 Å². The number of hydroxylamine groups is 1. The topological polar surface area (TPSA) is 50.8 Å². The zero-order valence-corrected chi connectivity index (χ0v) is 13.1. The van der Waals surface area contributed by atoms with E-state index in [0.29, 0.717) is 6.54 Å². The lowest BCUT2D eigenvalue weighted by atomic mass is 10.2. The molecule has 2 aromatic carbocycles. The van der Waals surface area contributed by atoms with Gasteiger partial charge < -0.3 is 9.64 Å². The van der Waals surface area contributed by atoms with Crippen molar-refractivity contribution in [1.82, 2.24) is 10.4 Å². The Hall–Kier alpha value is -2.67. The van der Waals surface area contributed by atoms with Crippen LogP contribution in [0, 0.1) is 0 Å². The summed E-state index contributed by atoms with van der Waals surface area (Å²) in [6, 6.07) is 15.1. The second-order valence-corrected chi connectivity index (χ2v) is 5.06. The summed E-state index contributed by atoms with van der Waals surface area (Å²) in [4.78, 5) is 18.5. The first-order valence-corrected chi connectivity index (χ1v) is 7.25. The van der Waals surface area contributed by atoms with Crippen molar-refractivity contribution in [3.63, 3.8) is 0 Å². The van der Waals surface area contributed by atoms with Gasteiger partial charge in [-0.2, -0.15) is 8.78 Å². The first-order valence-electron chi connectivity index (χ1n) is 7.25. The molecular formula is C17H18F2N2O3. The number of nitrogens with zero attached hydrogens (tertiary/aromatic N) is 1. The molecule has 0 atom stereocenters. The Morgan fingerprint density at radius 2 is 1.75 bits per heavy atom. The molecule has 0 heterocycles. The van der Waals surface area contributed by atoms with Crippen molar-refractivity contribution in [2.45, 2.75) is 19.8 Å². The van der Waals surface area contributed by atoms with E-state index in [1.165, 1.54) is 17.0 Å². The number of hydrogen-bond acceptors (Lipinski definition) is 3. The molecule has 0 saturated heterocycles. The second-order valence-electron chi connectivity index (χ2n) is 5.06. The molecule has 0 aliphatic rings. The van der Waals surface area contributed by atoms with Crippen LogP contribution in [0.3, 0.4) is 0 Å². The van der Waals surface area contributed by atoms with Crippen LogP contribution < -0.4 is 10.2 Å². The van der Waals surface area contributed by atoms with Crippen molar-refractivity contribution in [2.75, 3.05) is 7.05 Å². The van der Waals surface area contributed by atoms with Crippen LogP contribution in [0.1, 0.15) is 11.1 Å². The third kappa shape index (κ3) is 5.85. The molecule has 1 N–H and O–H groups in total. The SMILES string of the molecule is CN(Cc1ccc(OC(F)F)cc1)C(=O)NOCc1ccccc1. The number of halogens is 2. The van der Waals surface area contributed by atoms with Crippen molar-refractivity contribution >= 4 is 6.03 Å². The Balaban J connectivity index is 1.76. The van der Waals surface area contributed by atoms with E-state index in [-0.39, 0.29) is 12.4 Å². The predicted molar refractivity (Wildman–Crippen MR) is 84.3 cm³/mol. The van der Waals surface area contributed by atoms with Crippen molar-refractivity contribution in [2.24, 2.45) is 0 Å². The van der Waals surface area contributed by atoms with Crippen LogP contribution in [0.2, 0.25) is 0 Å². The Labute approximate surface area is 138 Å². The van der Waals surface area contributed by atoms with Crippen LogP contribution in [0.15, 0.2) is 54.6 Å². The summed E-state index contributed by atoms with van der Waals surface area (Å²) in [5.74, 6) is 0.0760. The van der Waals surface area contributed by atoms with Crippen molar-refractivity contribution < 1.29 is 23.1 Å². The van der Waals surface area contributed by atoms with Gasteiger partial charge in [0.2, 0.25) is 0 Å². The molecule has 0 unspecified atom stereocenters. The van der Waals surface area contributed by atoms with Gasteiger partial charge in [0.05, 0.1) is 6.61 Å². The summed E-state index contributed by atoms with van der Waals surface area (Å²) in [5, 5.41) is 0. The molecule has 0 aliphatic carbocycles. The number of rotatable bonds is 7. The van der Waals surface area contributed by atoms with E-state index in [1.807, 2.05) is 30.3 Å². The zero-order valence-electron chi connectivity index (χ0n) is 13.1. The highest BCUT2D eigenvalue weighted by Crippen LogP contribution is 2.15. The Bertz CT molecular complexity index is 636. The number of ether oxygens (including phenoxy) is 1. The Kier molecular flexibility index (Phi) is 6.51. The lowest BCUT2D eigenvalue weighted by Gasteiger charge is -2.18. The van der Waals surface area contributed by atoms with Gasteiger partial charge in [0, 0.05) is 13.6 Å². The maximum absolute atomic E-state index is 12.1. The molecule has 0 bridgehead atoms. The van der Waals surface area contributed by atoms with E-state index >= 15 is 0 Å². The van der Waals surface area contributed by atoms with E-state index < -0.39 is 12.6 Å². The fourth-order valence-electron chi connectivity index (χ4n) is 1.96. The molecule has 0 aromatic heterocycles. The summed E-state index contributed by atoms with van der Waals surface area (Å²) in [6.45, 7) is -2.29. The molecule has 0 spiro atoms. The van der Waals surface area contributed by atoms with E-state index in [4.69, 9.17) is 4.84 Å². The van der Waals surface area contributed by atoms with Gasteiger partial charge in [-0.05, 0) is 23.3 Å². The monoisotopic (exact) mass is 336 g/mol. The molecule has 2 aromatic rings. The molecule has 5 nitrogen and oxygen atoms in total. The highest BCUT2D eigenvalue weighted by Gasteiger charge is 2.10. The van der Waals surface area contributed by atoms with E-state index in [1.54, 1.807) is 19.2 Å². The van der Waals surface area contributed by atoms with Crippen LogP contribution in [0.5, 0.6) is 5.75 Å². The third-order valence-corrected chi connectivity index (χ3v) is 3.16. The minimum atomic E-state index is -2.86. The van der Waals surface area contributed by atoms with Crippen LogP contribution in [-0.2, 0) is 18.0 Å². The van der Waals surface area contributed by atoms with Gasteiger partial charge in [-0.3, -0.25) is 4.84 Å². The average Bonchev–Trinajstić information content (AvgIpc) is 2.57. The molecule has 0 radical (unpaired) electrons. The summed E-state index contributed by atoms with van der Waals surface area (Å²) >= 11 is 0. The molecule has 7 heteroatoms. The number of carbonyl (C=O) groups is 1. The summed E-state index contributed by atoms with van der Waals surface area (Å²) in [5.41, 5.74) is 4.07. The van der Waals surface area contributed by atoms with Crippen molar-refractivity contribution in [3.8, 4) is 5.75 Å².